The molecule has 7 heteroatoms. The Bertz CT molecular complexity index is 704. The van der Waals surface area contributed by atoms with Crippen LogP contribution in [-0.2, 0) is 6.42 Å². The Labute approximate surface area is 127 Å². The van der Waals surface area contributed by atoms with Gasteiger partial charge in [-0.1, -0.05) is 0 Å². The number of nitrogens with one attached hydrogen (secondary N) is 1. The van der Waals surface area contributed by atoms with Gasteiger partial charge in [-0.05, 0) is 38.5 Å². The molecule has 0 aliphatic carbocycles. The number of halogens is 2. The molecule has 3 N–H and O–H groups in total. The second kappa shape index (κ2) is 5.75. The van der Waals surface area contributed by atoms with Crippen molar-refractivity contribution in [1.82, 2.24) is 15.1 Å². The van der Waals surface area contributed by atoms with Gasteiger partial charge in [-0.2, -0.15) is 9.78 Å². The van der Waals surface area contributed by atoms with E-state index in [2.05, 4.69) is 10.4 Å². The van der Waals surface area contributed by atoms with E-state index in [1.807, 2.05) is 20.8 Å². The molecule has 0 saturated carbocycles. The number of amides is 1. The van der Waals surface area contributed by atoms with Crippen molar-refractivity contribution in [2.24, 2.45) is 0 Å². The van der Waals surface area contributed by atoms with E-state index in [-0.39, 0.29) is 23.7 Å². The van der Waals surface area contributed by atoms with Gasteiger partial charge in [0.05, 0.1) is 11.4 Å². The third-order valence-electron chi connectivity index (χ3n) is 2.87. The van der Waals surface area contributed by atoms with E-state index in [0.717, 1.165) is 16.8 Å². The molecule has 0 radical (unpaired) electrons. The Kier molecular flexibility index (Phi) is 4.16. The van der Waals surface area contributed by atoms with Crippen LogP contribution < -0.4 is 11.1 Å². The fourth-order valence-corrected chi connectivity index (χ4v) is 1.88. The first-order valence-electron chi connectivity index (χ1n) is 6.76. The van der Waals surface area contributed by atoms with Gasteiger partial charge >= 0.3 is 6.03 Å². The zero-order valence-corrected chi connectivity index (χ0v) is 12.7. The number of carbonyl (C=O) groups excluding carboxylic acids is 1. The number of benzene rings is 1. The van der Waals surface area contributed by atoms with Gasteiger partial charge in [-0.3, -0.25) is 0 Å². The van der Waals surface area contributed by atoms with Gasteiger partial charge in [0.1, 0.15) is 11.6 Å². The van der Waals surface area contributed by atoms with Crippen molar-refractivity contribution >= 4 is 11.7 Å². The fraction of sp³-hybridized carbons (Fsp3) is 0.333. The van der Waals surface area contributed by atoms with Gasteiger partial charge in [-0.15, -0.1) is 0 Å². The maximum Gasteiger partial charge on any atom is 0.342 e. The molecule has 0 saturated heterocycles. The average molecular weight is 308 g/mol. The second-order valence-electron chi connectivity index (χ2n) is 6.07. The highest BCUT2D eigenvalue weighted by atomic mass is 19.1. The highest BCUT2D eigenvalue weighted by Gasteiger charge is 2.16. The van der Waals surface area contributed by atoms with E-state index in [1.54, 1.807) is 6.07 Å². The summed E-state index contributed by atoms with van der Waals surface area (Å²) in [6.07, 6.45) is 1.54. The predicted molar refractivity (Wildman–Crippen MR) is 79.5 cm³/mol. The highest BCUT2D eigenvalue weighted by Crippen LogP contribution is 2.19. The van der Waals surface area contributed by atoms with Crippen LogP contribution in [-0.4, -0.2) is 21.4 Å². The first kappa shape index (κ1) is 15.9. The van der Waals surface area contributed by atoms with Gasteiger partial charge in [0, 0.05) is 24.2 Å². The summed E-state index contributed by atoms with van der Waals surface area (Å²) in [6.45, 7) is 5.55. The number of hydrogen-bond donors (Lipinski definition) is 2. The molecule has 1 heterocycles. The maximum atomic E-state index is 13.7. The Balaban J connectivity index is 2.16. The van der Waals surface area contributed by atoms with E-state index >= 15 is 0 Å². The number of nitrogens with zero attached hydrogens (tertiary/aromatic N) is 2. The minimum absolute atomic E-state index is 0.0683. The lowest BCUT2D eigenvalue weighted by Gasteiger charge is -2.19. The molecule has 0 bridgehead atoms. The number of nitrogen functional groups attached to an aromatic ring is 1. The van der Waals surface area contributed by atoms with E-state index in [4.69, 9.17) is 5.73 Å². The van der Waals surface area contributed by atoms with E-state index in [1.165, 1.54) is 6.20 Å². The van der Waals surface area contributed by atoms with E-state index in [0.29, 0.717) is 5.69 Å². The summed E-state index contributed by atoms with van der Waals surface area (Å²) in [5.74, 6) is -1.28. The fourth-order valence-electron chi connectivity index (χ4n) is 1.88. The minimum atomic E-state index is -0.679. The van der Waals surface area contributed by atoms with Crippen molar-refractivity contribution in [3.8, 4) is 0 Å². The van der Waals surface area contributed by atoms with E-state index < -0.39 is 17.2 Å². The van der Waals surface area contributed by atoms with Crippen LogP contribution in [0.1, 0.15) is 32.0 Å². The number of carbonyl (C=O) groups is 1. The lowest BCUT2D eigenvalue weighted by atomic mass is 10.1. The quantitative estimate of drug-likeness (QED) is 0.838. The van der Waals surface area contributed by atoms with Crippen LogP contribution in [0, 0.1) is 11.6 Å². The van der Waals surface area contributed by atoms with Crippen molar-refractivity contribution < 1.29 is 13.6 Å². The Morgan fingerprint density at radius 2 is 2.00 bits per heavy atom. The van der Waals surface area contributed by atoms with Crippen molar-refractivity contribution in [1.29, 1.82) is 0 Å². The molecule has 0 atom stereocenters. The number of anilines is 1. The summed E-state index contributed by atoms with van der Waals surface area (Å²) in [6, 6.07) is 3.17. The Morgan fingerprint density at radius 1 is 1.32 bits per heavy atom. The molecule has 0 unspecified atom stereocenters. The van der Waals surface area contributed by atoms with Gasteiger partial charge in [0.2, 0.25) is 0 Å². The molecule has 0 aliphatic heterocycles. The molecule has 1 amide bonds. The zero-order valence-electron chi connectivity index (χ0n) is 12.7. The van der Waals surface area contributed by atoms with Gasteiger partial charge in [0.15, 0.2) is 0 Å². The van der Waals surface area contributed by atoms with Crippen molar-refractivity contribution in [3.63, 3.8) is 0 Å². The molecule has 5 nitrogen and oxygen atoms in total. The molecule has 1 aromatic carbocycles. The summed E-state index contributed by atoms with van der Waals surface area (Å²) >= 11 is 0. The minimum Gasteiger partial charge on any atom is -0.396 e. The van der Waals surface area contributed by atoms with E-state index in [9.17, 15) is 13.6 Å². The normalized spacial score (nSPS) is 11.5. The molecule has 0 aliphatic rings. The third-order valence-corrected chi connectivity index (χ3v) is 2.87. The maximum absolute atomic E-state index is 13.7. The molecule has 22 heavy (non-hydrogen) atoms. The molecule has 2 aromatic rings. The summed E-state index contributed by atoms with van der Waals surface area (Å²) in [4.78, 5) is 11.9. The lowest BCUT2D eigenvalue weighted by Crippen LogP contribution is -2.43. The van der Waals surface area contributed by atoms with Crippen LogP contribution in [0.25, 0.3) is 0 Å². The first-order chi connectivity index (χ1) is 10.2. The number of hydrogen-bond acceptors (Lipinski definition) is 3. The summed E-state index contributed by atoms with van der Waals surface area (Å²) in [5, 5.41) is 6.82. The SMILES string of the molecule is CC(C)(C)NC(=O)n1ccc(Cc2cc(F)c(N)cc2F)n1. The van der Waals surface area contributed by atoms with Crippen LogP contribution in [0.4, 0.5) is 19.3 Å². The molecule has 118 valence electrons. The predicted octanol–water partition coefficient (Wildman–Crippen LogP) is 2.69. The standard InChI is InChI=1S/C15H18F2N4O/c1-15(2,3)19-14(22)21-5-4-10(20-21)6-9-7-12(17)13(18)8-11(9)16/h4-5,7-8H,6,18H2,1-3H3,(H,19,22). The summed E-state index contributed by atoms with van der Waals surface area (Å²) in [5.41, 5.74) is 5.25. The van der Waals surface area contributed by atoms with Crippen LogP contribution >= 0.6 is 0 Å². The average Bonchev–Trinajstić information content (AvgIpc) is 2.82. The van der Waals surface area contributed by atoms with Crippen LogP contribution in [0.2, 0.25) is 0 Å². The summed E-state index contributed by atoms with van der Waals surface area (Å²) in [7, 11) is 0. The lowest BCUT2D eigenvalue weighted by molar-refractivity contribution is 0.230. The van der Waals surface area contributed by atoms with Crippen molar-refractivity contribution in [3.05, 3.63) is 47.3 Å². The number of rotatable bonds is 2. The van der Waals surface area contributed by atoms with Crippen LogP contribution in [0.3, 0.4) is 0 Å². The molecular weight excluding hydrogens is 290 g/mol. The smallest absolute Gasteiger partial charge is 0.342 e. The third kappa shape index (κ3) is 3.81. The topological polar surface area (TPSA) is 72.9 Å². The Morgan fingerprint density at radius 3 is 2.64 bits per heavy atom. The van der Waals surface area contributed by atoms with Crippen molar-refractivity contribution in [2.75, 3.05) is 5.73 Å². The largest absolute Gasteiger partial charge is 0.396 e. The monoisotopic (exact) mass is 308 g/mol. The molecule has 0 fully saturated rings. The van der Waals surface area contributed by atoms with Crippen LogP contribution in [0.5, 0.6) is 0 Å². The molecule has 1 aromatic heterocycles. The Hall–Kier alpha value is -2.44. The van der Waals surface area contributed by atoms with Crippen molar-refractivity contribution in [2.45, 2.75) is 32.7 Å². The first-order valence-corrected chi connectivity index (χ1v) is 6.76. The van der Waals surface area contributed by atoms with Crippen LogP contribution in [0.15, 0.2) is 24.4 Å². The number of aromatic nitrogens is 2. The number of nitrogens with two attached hydrogens (primary N) is 1. The molecular formula is C15H18F2N4O. The molecule has 0 spiro atoms. The summed E-state index contributed by atoms with van der Waals surface area (Å²) < 4.78 is 28.3. The van der Waals surface area contributed by atoms with Gasteiger partial charge in [0.25, 0.3) is 0 Å². The van der Waals surface area contributed by atoms with Gasteiger partial charge < -0.3 is 11.1 Å². The highest BCUT2D eigenvalue weighted by molar-refractivity contribution is 5.76. The van der Waals surface area contributed by atoms with Gasteiger partial charge in [-0.25, -0.2) is 13.6 Å². The molecule has 2 rings (SSSR count). The second-order valence-corrected chi connectivity index (χ2v) is 6.07. The zero-order chi connectivity index (χ0) is 16.5.